The van der Waals surface area contributed by atoms with Gasteiger partial charge in [-0.05, 0) is 56.5 Å². The maximum absolute atomic E-state index is 12.5. The first-order valence-electron chi connectivity index (χ1n) is 11.9. The Morgan fingerprint density at radius 1 is 1.18 bits per heavy atom. The molecule has 0 aliphatic carbocycles. The van der Waals surface area contributed by atoms with Gasteiger partial charge in [-0.3, -0.25) is 4.79 Å². The summed E-state index contributed by atoms with van der Waals surface area (Å²) in [6.45, 7) is 6.62. The smallest absolute Gasteiger partial charge is 0.348 e. The number of thiophene rings is 1. The van der Waals surface area contributed by atoms with Crippen LogP contribution in [0.3, 0.4) is 0 Å². The second-order valence-electron chi connectivity index (χ2n) is 8.79. The molecule has 2 heterocycles. The Kier molecular flexibility index (Phi) is 9.47. The lowest BCUT2D eigenvalue weighted by Gasteiger charge is -2.25. The summed E-state index contributed by atoms with van der Waals surface area (Å²) in [6.07, 6.45) is 4.64. The number of rotatable bonds is 12. The van der Waals surface area contributed by atoms with Crippen molar-refractivity contribution in [1.82, 2.24) is 0 Å². The zero-order valence-electron chi connectivity index (χ0n) is 19.8. The van der Waals surface area contributed by atoms with Gasteiger partial charge in [0.2, 0.25) is 5.91 Å². The predicted molar refractivity (Wildman–Crippen MR) is 131 cm³/mol. The predicted octanol–water partition coefficient (Wildman–Crippen LogP) is 5.64. The number of aliphatic hydroxyl groups excluding tert-OH is 1. The molecule has 0 spiro atoms. The van der Waals surface area contributed by atoms with E-state index in [0.29, 0.717) is 24.5 Å². The Bertz CT molecular complexity index is 908. The number of benzene rings is 1. The highest BCUT2D eigenvalue weighted by Gasteiger charge is 2.32. The van der Waals surface area contributed by atoms with Gasteiger partial charge in [0.1, 0.15) is 4.88 Å². The van der Waals surface area contributed by atoms with Gasteiger partial charge in [-0.25, -0.2) is 4.79 Å². The van der Waals surface area contributed by atoms with Gasteiger partial charge in [0.05, 0.1) is 31.5 Å². The van der Waals surface area contributed by atoms with Crippen molar-refractivity contribution in [2.45, 2.75) is 84.2 Å². The maximum atomic E-state index is 12.5. The van der Waals surface area contributed by atoms with Gasteiger partial charge < -0.3 is 19.5 Å². The van der Waals surface area contributed by atoms with Gasteiger partial charge >= 0.3 is 5.97 Å². The van der Waals surface area contributed by atoms with Crippen LogP contribution in [0.4, 0.5) is 5.69 Å². The molecule has 0 radical (unpaired) electrons. The monoisotopic (exact) mass is 473 g/mol. The van der Waals surface area contributed by atoms with Gasteiger partial charge in [-0.15, -0.1) is 11.3 Å². The average Bonchev–Trinajstić information content (AvgIpc) is 3.40. The lowest BCUT2D eigenvalue weighted by Crippen LogP contribution is -2.36. The van der Waals surface area contributed by atoms with Crippen molar-refractivity contribution in [2.75, 3.05) is 11.5 Å². The van der Waals surface area contributed by atoms with Gasteiger partial charge in [0.15, 0.2) is 0 Å². The highest BCUT2D eigenvalue weighted by molar-refractivity contribution is 7.13. The summed E-state index contributed by atoms with van der Waals surface area (Å²) in [6, 6.07) is 11.3. The summed E-state index contributed by atoms with van der Waals surface area (Å²) in [5.41, 5.74) is 1.73. The van der Waals surface area contributed by atoms with Crippen molar-refractivity contribution in [3.63, 3.8) is 0 Å². The molecule has 0 saturated carbocycles. The van der Waals surface area contributed by atoms with Crippen LogP contribution in [0, 0.1) is 0 Å². The number of unbranched alkanes of at least 4 members (excludes halogenated alkanes) is 2. The van der Waals surface area contributed by atoms with E-state index in [-0.39, 0.29) is 24.0 Å². The molecule has 2 aromatic rings. The molecule has 1 aromatic carbocycles. The minimum absolute atomic E-state index is 0.0248. The van der Waals surface area contributed by atoms with E-state index in [1.807, 2.05) is 49.1 Å². The average molecular weight is 474 g/mol. The fraction of sp³-hybridized carbons (Fsp3) is 0.538. The van der Waals surface area contributed by atoms with E-state index in [1.165, 1.54) is 11.3 Å². The SMILES string of the molecule is CCCCC[C@H](O)c1ccc(N2C(=O)CC[C@@H]2COCc2ccc(C(=O)OC(C)C)s2)cc1. The number of hydrogen-bond donors (Lipinski definition) is 1. The topological polar surface area (TPSA) is 76.1 Å². The molecule has 3 rings (SSSR count). The van der Waals surface area contributed by atoms with Crippen LogP contribution in [0.2, 0.25) is 0 Å². The molecule has 1 aromatic heterocycles. The highest BCUT2D eigenvalue weighted by atomic mass is 32.1. The van der Waals surface area contributed by atoms with Crippen LogP contribution in [0.15, 0.2) is 36.4 Å². The summed E-state index contributed by atoms with van der Waals surface area (Å²) in [4.78, 5) is 27.9. The van der Waals surface area contributed by atoms with Crippen LogP contribution in [-0.4, -0.2) is 35.7 Å². The van der Waals surface area contributed by atoms with Crippen molar-refractivity contribution in [3.8, 4) is 0 Å². The first-order chi connectivity index (χ1) is 15.9. The Hall–Kier alpha value is -2.22. The maximum Gasteiger partial charge on any atom is 0.348 e. The number of carbonyl (C=O) groups excluding carboxylic acids is 2. The number of amides is 1. The Labute approximate surface area is 200 Å². The molecule has 1 N–H and O–H groups in total. The molecule has 0 bridgehead atoms. The second kappa shape index (κ2) is 12.3. The molecule has 0 unspecified atom stereocenters. The molecule has 7 heteroatoms. The van der Waals surface area contributed by atoms with E-state index in [4.69, 9.17) is 9.47 Å². The van der Waals surface area contributed by atoms with Crippen molar-refractivity contribution >= 4 is 28.9 Å². The van der Waals surface area contributed by atoms with E-state index in [0.717, 1.165) is 48.2 Å². The van der Waals surface area contributed by atoms with Gasteiger partial charge in [-0.2, -0.15) is 0 Å². The van der Waals surface area contributed by atoms with E-state index in [1.54, 1.807) is 6.07 Å². The van der Waals surface area contributed by atoms with Crippen molar-refractivity contribution in [1.29, 1.82) is 0 Å². The largest absolute Gasteiger partial charge is 0.459 e. The van der Waals surface area contributed by atoms with Gasteiger partial charge in [0, 0.05) is 17.0 Å². The lowest BCUT2D eigenvalue weighted by molar-refractivity contribution is -0.117. The van der Waals surface area contributed by atoms with E-state index >= 15 is 0 Å². The highest BCUT2D eigenvalue weighted by Crippen LogP contribution is 2.29. The van der Waals surface area contributed by atoms with Gasteiger partial charge in [-0.1, -0.05) is 38.3 Å². The molecule has 33 heavy (non-hydrogen) atoms. The van der Waals surface area contributed by atoms with E-state index < -0.39 is 6.10 Å². The first kappa shape index (κ1) is 25.4. The van der Waals surface area contributed by atoms with Gasteiger partial charge in [0.25, 0.3) is 0 Å². The van der Waals surface area contributed by atoms with Crippen molar-refractivity contribution in [3.05, 3.63) is 51.7 Å². The molecule has 1 amide bonds. The number of aliphatic hydroxyl groups is 1. The summed E-state index contributed by atoms with van der Waals surface area (Å²) >= 11 is 1.37. The van der Waals surface area contributed by atoms with Crippen LogP contribution in [0.1, 0.15) is 85.5 Å². The summed E-state index contributed by atoms with van der Waals surface area (Å²) < 4.78 is 11.1. The molecule has 1 fully saturated rings. The number of hydrogen-bond acceptors (Lipinski definition) is 6. The fourth-order valence-corrected chi connectivity index (χ4v) is 4.83. The number of ether oxygens (including phenoxy) is 2. The Morgan fingerprint density at radius 3 is 2.64 bits per heavy atom. The van der Waals surface area contributed by atoms with Crippen molar-refractivity contribution < 1.29 is 24.2 Å². The second-order valence-corrected chi connectivity index (χ2v) is 9.96. The van der Waals surface area contributed by atoms with Crippen LogP contribution in [-0.2, 0) is 20.9 Å². The third-order valence-corrected chi connectivity index (χ3v) is 6.76. The number of nitrogens with zero attached hydrogens (tertiary/aromatic N) is 1. The van der Waals surface area contributed by atoms with Crippen LogP contribution < -0.4 is 4.90 Å². The molecule has 1 aliphatic rings. The Morgan fingerprint density at radius 2 is 1.94 bits per heavy atom. The van der Waals surface area contributed by atoms with Crippen LogP contribution >= 0.6 is 11.3 Å². The van der Waals surface area contributed by atoms with Crippen LogP contribution in [0.5, 0.6) is 0 Å². The molecule has 180 valence electrons. The number of esters is 1. The molecule has 1 saturated heterocycles. The summed E-state index contributed by atoms with van der Waals surface area (Å²) in [5.74, 6) is -0.220. The third kappa shape index (κ3) is 7.13. The molecule has 6 nitrogen and oxygen atoms in total. The molecule has 2 atom stereocenters. The van der Waals surface area contributed by atoms with Crippen molar-refractivity contribution in [2.24, 2.45) is 0 Å². The lowest BCUT2D eigenvalue weighted by atomic mass is 10.0. The number of carbonyl (C=O) groups is 2. The molecular weight excluding hydrogens is 438 g/mol. The standard InChI is InChI=1S/C26H35NO5S/c1-4-5-6-7-23(28)19-8-10-20(11-9-19)27-21(12-15-25(27)29)16-31-17-22-13-14-24(33-22)26(30)32-18(2)3/h8-11,13-14,18,21,23,28H,4-7,12,15-17H2,1-3H3/t21-,23+/m1/s1. The molecular formula is C26H35NO5S. The zero-order valence-corrected chi connectivity index (χ0v) is 20.6. The quantitative estimate of drug-likeness (QED) is 0.319. The molecule has 1 aliphatic heterocycles. The third-order valence-electron chi connectivity index (χ3n) is 5.72. The summed E-state index contributed by atoms with van der Waals surface area (Å²) in [7, 11) is 0. The normalized spacial score (nSPS) is 17.1. The van der Waals surface area contributed by atoms with E-state index in [2.05, 4.69) is 6.92 Å². The minimum Gasteiger partial charge on any atom is -0.459 e. The fourth-order valence-electron chi connectivity index (χ4n) is 4.00. The minimum atomic E-state index is -0.465. The van der Waals surface area contributed by atoms with E-state index in [9.17, 15) is 14.7 Å². The number of anilines is 1. The first-order valence-corrected chi connectivity index (χ1v) is 12.7. The Balaban J connectivity index is 1.54. The zero-order chi connectivity index (χ0) is 23.8. The van der Waals surface area contributed by atoms with Crippen LogP contribution in [0.25, 0.3) is 0 Å². The summed E-state index contributed by atoms with van der Waals surface area (Å²) in [5, 5.41) is 10.4.